The molecule has 0 aromatic carbocycles. The molecule has 15 heavy (non-hydrogen) atoms. The second kappa shape index (κ2) is 4.62. The third kappa shape index (κ3) is 2.29. The summed E-state index contributed by atoms with van der Waals surface area (Å²) in [7, 11) is 1.66. The summed E-state index contributed by atoms with van der Waals surface area (Å²) in [4.78, 5) is 4.31. The van der Waals surface area contributed by atoms with Gasteiger partial charge in [0.2, 0.25) is 5.88 Å². The van der Waals surface area contributed by atoms with E-state index >= 15 is 0 Å². The first-order chi connectivity index (χ1) is 7.31. The number of aryl methyl sites for hydroxylation is 1. The number of hydrogen-bond acceptors (Lipinski definition) is 3. The van der Waals surface area contributed by atoms with Crippen LogP contribution in [0, 0.1) is 6.92 Å². The molecule has 1 atom stereocenters. The highest BCUT2D eigenvalue weighted by Crippen LogP contribution is 2.25. The normalized spacial score (nSPS) is 21.3. The highest BCUT2D eigenvalue weighted by molar-refractivity contribution is 5.30. The molecule has 1 N–H and O–H groups in total. The maximum Gasteiger partial charge on any atom is 0.215 e. The first-order valence-electron chi connectivity index (χ1n) is 5.55. The lowest BCUT2D eigenvalue weighted by Crippen LogP contribution is -2.26. The van der Waals surface area contributed by atoms with Gasteiger partial charge < -0.3 is 10.1 Å². The summed E-state index contributed by atoms with van der Waals surface area (Å²) in [6.07, 6.45) is 5.74. The van der Waals surface area contributed by atoms with Crippen molar-refractivity contribution in [3.63, 3.8) is 0 Å². The van der Waals surface area contributed by atoms with Crippen LogP contribution in [0.4, 0.5) is 0 Å². The fourth-order valence-electron chi connectivity index (χ4n) is 2.12. The number of nitrogens with one attached hydrogen (secondary N) is 1. The van der Waals surface area contributed by atoms with E-state index < -0.39 is 0 Å². The van der Waals surface area contributed by atoms with E-state index in [9.17, 15) is 0 Å². The van der Waals surface area contributed by atoms with Gasteiger partial charge in [0.05, 0.1) is 7.11 Å². The summed E-state index contributed by atoms with van der Waals surface area (Å²) in [5.41, 5.74) is 2.40. The van der Waals surface area contributed by atoms with Crippen molar-refractivity contribution in [1.29, 1.82) is 0 Å². The number of methoxy groups -OCH3 is 1. The molecule has 1 aliphatic heterocycles. The molecular formula is C12H18N2O. The van der Waals surface area contributed by atoms with Crippen LogP contribution in [0.3, 0.4) is 0 Å². The van der Waals surface area contributed by atoms with E-state index in [0.717, 1.165) is 18.0 Å². The number of rotatable bonds is 2. The fourth-order valence-corrected chi connectivity index (χ4v) is 2.12. The zero-order chi connectivity index (χ0) is 10.7. The fraction of sp³-hybridized carbons (Fsp3) is 0.583. The molecule has 2 rings (SSSR count). The van der Waals surface area contributed by atoms with Gasteiger partial charge in [0.1, 0.15) is 0 Å². The Morgan fingerprint density at radius 1 is 1.47 bits per heavy atom. The lowest BCUT2D eigenvalue weighted by atomic mass is 9.98. The van der Waals surface area contributed by atoms with E-state index in [1.165, 1.54) is 24.8 Å². The van der Waals surface area contributed by atoms with Crippen molar-refractivity contribution in [1.82, 2.24) is 10.3 Å². The number of nitrogens with zero attached hydrogens (tertiary/aromatic N) is 1. The average Bonchev–Trinajstić information content (AvgIpc) is 2.30. The molecule has 0 saturated carbocycles. The van der Waals surface area contributed by atoms with Crippen LogP contribution in [0.15, 0.2) is 12.3 Å². The molecule has 1 fully saturated rings. The molecule has 3 nitrogen and oxygen atoms in total. The Labute approximate surface area is 90.9 Å². The van der Waals surface area contributed by atoms with E-state index in [4.69, 9.17) is 4.74 Å². The quantitative estimate of drug-likeness (QED) is 0.805. The highest BCUT2D eigenvalue weighted by atomic mass is 16.5. The molecule has 0 bridgehead atoms. The third-order valence-corrected chi connectivity index (χ3v) is 2.96. The van der Waals surface area contributed by atoms with Crippen LogP contribution in [-0.2, 0) is 0 Å². The lowest BCUT2D eigenvalue weighted by molar-refractivity contribution is 0.389. The molecule has 1 aliphatic rings. The van der Waals surface area contributed by atoms with Gasteiger partial charge in [-0.3, -0.25) is 0 Å². The SMILES string of the molecule is COc1ncc(C2CCCCN2)cc1C. The Kier molecular flexibility index (Phi) is 3.21. The summed E-state index contributed by atoms with van der Waals surface area (Å²) in [6.45, 7) is 3.16. The van der Waals surface area contributed by atoms with Gasteiger partial charge in [0.15, 0.2) is 0 Å². The minimum Gasteiger partial charge on any atom is -0.481 e. The number of piperidine rings is 1. The largest absolute Gasteiger partial charge is 0.481 e. The Balaban J connectivity index is 2.17. The van der Waals surface area contributed by atoms with Crippen molar-refractivity contribution < 1.29 is 4.74 Å². The van der Waals surface area contributed by atoms with Crippen LogP contribution < -0.4 is 10.1 Å². The predicted molar refractivity (Wildman–Crippen MR) is 60.1 cm³/mol. The zero-order valence-corrected chi connectivity index (χ0v) is 9.42. The monoisotopic (exact) mass is 206 g/mol. The molecule has 0 radical (unpaired) electrons. The van der Waals surface area contributed by atoms with Gasteiger partial charge in [0.25, 0.3) is 0 Å². The molecule has 0 spiro atoms. The van der Waals surface area contributed by atoms with E-state index in [1.807, 2.05) is 13.1 Å². The predicted octanol–water partition coefficient (Wildman–Crippen LogP) is 2.21. The Morgan fingerprint density at radius 2 is 2.33 bits per heavy atom. The summed E-state index contributed by atoms with van der Waals surface area (Å²) in [5.74, 6) is 0.731. The molecule has 0 amide bonds. The molecule has 1 aromatic rings. The maximum absolute atomic E-state index is 5.16. The van der Waals surface area contributed by atoms with Crippen LogP contribution in [0.2, 0.25) is 0 Å². The number of ether oxygens (including phenoxy) is 1. The number of hydrogen-bond donors (Lipinski definition) is 1. The van der Waals surface area contributed by atoms with Gasteiger partial charge in [-0.15, -0.1) is 0 Å². The van der Waals surface area contributed by atoms with Crippen LogP contribution in [0.5, 0.6) is 5.88 Å². The highest BCUT2D eigenvalue weighted by Gasteiger charge is 2.15. The molecule has 1 unspecified atom stereocenters. The molecule has 1 aromatic heterocycles. The topological polar surface area (TPSA) is 34.1 Å². The van der Waals surface area contributed by atoms with Crippen molar-refractivity contribution in [3.8, 4) is 5.88 Å². The number of aromatic nitrogens is 1. The van der Waals surface area contributed by atoms with Gasteiger partial charge in [-0.2, -0.15) is 0 Å². The smallest absolute Gasteiger partial charge is 0.215 e. The second-order valence-corrected chi connectivity index (χ2v) is 4.10. The standard InChI is InChI=1S/C12H18N2O/c1-9-7-10(8-14-12(9)15-2)11-5-3-4-6-13-11/h7-8,11,13H,3-6H2,1-2H3. The molecular weight excluding hydrogens is 188 g/mol. The van der Waals surface area contributed by atoms with Gasteiger partial charge >= 0.3 is 0 Å². The molecule has 2 heterocycles. The van der Waals surface area contributed by atoms with Crippen molar-refractivity contribution in [2.75, 3.05) is 13.7 Å². The molecule has 0 aliphatic carbocycles. The molecule has 82 valence electrons. The Bertz CT molecular complexity index is 332. The van der Waals surface area contributed by atoms with Crippen molar-refractivity contribution in [2.45, 2.75) is 32.2 Å². The average molecular weight is 206 g/mol. The zero-order valence-electron chi connectivity index (χ0n) is 9.42. The van der Waals surface area contributed by atoms with Crippen molar-refractivity contribution in [2.24, 2.45) is 0 Å². The lowest BCUT2D eigenvalue weighted by Gasteiger charge is -2.24. The van der Waals surface area contributed by atoms with Crippen LogP contribution >= 0.6 is 0 Å². The first-order valence-corrected chi connectivity index (χ1v) is 5.55. The van der Waals surface area contributed by atoms with Gasteiger partial charge in [0, 0.05) is 17.8 Å². The minimum atomic E-state index is 0.482. The van der Waals surface area contributed by atoms with Crippen LogP contribution in [0.25, 0.3) is 0 Å². The van der Waals surface area contributed by atoms with Gasteiger partial charge in [-0.05, 0) is 37.9 Å². The maximum atomic E-state index is 5.16. The van der Waals surface area contributed by atoms with E-state index in [2.05, 4.69) is 16.4 Å². The van der Waals surface area contributed by atoms with Crippen LogP contribution in [-0.4, -0.2) is 18.6 Å². The third-order valence-electron chi connectivity index (χ3n) is 2.96. The van der Waals surface area contributed by atoms with Crippen LogP contribution in [0.1, 0.15) is 36.4 Å². The van der Waals surface area contributed by atoms with E-state index in [0.29, 0.717) is 6.04 Å². The second-order valence-electron chi connectivity index (χ2n) is 4.10. The van der Waals surface area contributed by atoms with E-state index in [1.54, 1.807) is 7.11 Å². The Hall–Kier alpha value is -1.09. The summed E-state index contributed by atoms with van der Waals surface area (Å²) in [6, 6.07) is 2.66. The Morgan fingerprint density at radius 3 is 2.93 bits per heavy atom. The van der Waals surface area contributed by atoms with Gasteiger partial charge in [-0.1, -0.05) is 6.42 Å². The van der Waals surface area contributed by atoms with E-state index in [-0.39, 0.29) is 0 Å². The molecule has 3 heteroatoms. The summed E-state index contributed by atoms with van der Waals surface area (Å²) < 4.78 is 5.16. The van der Waals surface area contributed by atoms with Crippen molar-refractivity contribution in [3.05, 3.63) is 23.4 Å². The van der Waals surface area contributed by atoms with Crippen molar-refractivity contribution >= 4 is 0 Å². The molecule has 1 saturated heterocycles. The summed E-state index contributed by atoms with van der Waals surface area (Å²) >= 11 is 0. The first kappa shape index (κ1) is 10.4. The number of pyridine rings is 1. The minimum absolute atomic E-state index is 0.482. The van der Waals surface area contributed by atoms with Gasteiger partial charge in [-0.25, -0.2) is 4.98 Å². The summed E-state index contributed by atoms with van der Waals surface area (Å²) in [5, 5.41) is 3.52.